The van der Waals surface area contributed by atoms with Gasteiger partial charge in [0.25, 0.3) is 0 Å². The molecule has 0 saturated carbocycles. The molecule has 2 heterocycles. The van der Waals surface area contributed by atoms with E-state index in [0.717, 1.165) is 11.1 Å². The Morgan fingerprint density at radius 3 is 2.25 bits per heavy atom. The minimum atomic E-state index is -0.770. The molecule has 0 aromatic heterocycles. The molecule has 11 nitrogen and oxygen atoms in total. The number of thioether (sulfide) groups is 1. The number of carbonyl (C=O) groups excluding carboxylic acids is 3. The lowest BCUT2D eigenvalue weighted by atomic mass is 9.66. The van der Waals surface area contributed by atoms with Crippen LogP contribution in [0.2, 0.25) is 0 Å². The molecular weight excluding hydrogens is 542 g/mol. The van der Waals surface area contributed by atoms with Crippen LogP contribution in [0.3, 0.4) is 0 Å². The molecule has 214 valence electrons. The second-order valence-corrected chi connectivity index (χ2v) is 10.8. The van der Waals surface area contributed by atoms with Gasteiger partial charge in [-0.3, -0.25) is 14.4 Å². The summed E-state index contributed by atoms with van der Waals surface area (Å²) < 4.78 is 39.5. The highest BCUT2D eigenvalue weighted by atomic mass is 32.2. The van der Waals surface area contributed by atoms with E-state index in [1.807, 2.05) is 18.2 Å². The number of Topliss-reactive ketones (excluding diaryl/α,β-unsaturated/α-hetero) is 1. The average Bonchev–Trinajstić information content (AvgIpc) is 3.57. The van der Waals surface area contributed by atoms with Crippen molar-refractivity contribution in [2.24, 2.45) is 17.6 Å². The van der Waals surface area contributed by atoms with E-state index < -0.39 is 41.8 Å². The van der Waals surface area contributed by atoms with Crippen molar-refractivity contribution in [3.63, 3.8) is 0 Å². The first-order chi connectivity index (χ1) is 19.3. The summed E-state index contributed by atoms with van der Waals surface area (Å²) in [6.45, 7) is 1.55. The molecular formula is C28H31NO10S. The number of methoxy groups -OCH3 is 3. The molecule has 2 aromatic carbocycles. The highest BCUT2D eigenvalue weighted by molar-refractivity contribution is 8.00. The number of esters is 2. The maximum Gasteiger partial charge on any atom is 0.316 e. The number of carbonyl (C=O) groups is 3. The normalized spacial score (nSPS) is 23.0. The smallest absolute Gasteiger partial charge is 0.316 e. The lowest BCUT2D eigenvalue weighted by molar-refractivity contribution is -0.151. The van der Waals surface area contributed by atoms with Crippen molar-refractivity contribution in [1.82, 2.24) is 0 Å². The minimum Gasteiger partial charge on any atom is -0.493 e. The number of hydrogen-bond acceptors (Lipinski definition) is 12. The lowest BCUT2D eigenvalue weighted by Crippen LogP contribution is -2.37. The maximum atomic E-state index is 13.3. The van der Waals surface area contributed by atoms with Gasteiger partial charge < -0.3 is 38.9 Å². The van der Waals surface area contributed by atoms with Gasteiger partial charge in [-0.25, -0.2) is 0 Å². The Morgan fingerprint density at radius 1 is 1.00 bits per heavy atom. The van der Waals surface area contributed by atoms with E-state index >= 15 is 0 Å². The van der Waals surface area contributed by atoms with E-state index in [1.165, 1.54) is 40.0 Å². The molecule has 12 heteroatoms. The molecule has 2 aromatic rings. The van der Waals surface area contributed by atoms with E-state index in [-0.39, 0.29) is 24.9 Å². The predicted molar refractivity (Wildman–Crippen MR) is 143 cm³/mol. The third kappa shape index (κ3) is 5.01. The molecule has 0 spiro atoms. The number of ketones is 1. The van der Waals surface area contributed by atoms with Crippen molar-refractivity contribution >= 4 is 29.5 Å². The molecule has 1 unspecified atom stereocenters. The van der Waals surface area contributed by atoms with E-state index in [0.29, 0.717) is 40.1 Å². The number of fused-ring (bicyclic) bond motifs is 3. The molecule has 0 amide bonds. The van der Waals surface area contributed by atoms with Crippen molar-refractivity contribution < 1.29 is 47.5 Å². The molecule has 0 bridgehead atoms. The summed E-state index contributed by atoms with van der Waals surface area (Å²) >= 11 is 1.22. The Labute approximate surface area is 235 Å². The second kappa shape index (κ2) is 11.5. The summed E-state index contributed by atoms with van der Waals surface area (Å²) in [6, 6.07) is 6.60. The topological polar surface area (TPSA) is 142 Å². The van der Waals surface area contributed by atoms with Crippen molar-refractivity contribution in [2.45, 2.75) is 25.0 Å². The predicted octanol–water partition coefficient (Wildman–Crippen LogP) is 2.61. The quantitative estimate of drug-likeness (QED) is 0.418. The summed E-state index contributed by atoms with van der Waals surface area (Å²) in [7, 11) is 4.57. The van der Waals surface area contributed by atoms with Crippen LogP contribution < -0.4 is 29.4 Å². The number of ether oxygens (including phenoxy) is 7. The first kappa shape index (κ1) is 27.9. The van der Waals surface area contributed by atoms with Crippen LogP contribution in [0.5, 0.6) is 28.7 Å². The summed E-state index contributed by atoms with van der Waals surface area (Å²) in [5.74, 6) is 0.00733. The number of benzene rings is 2. The zero-order valence-corrected chi connectivity index (χ0v) is 23.4. The van der Waals surface area contributed by atoms with Crippen molar-refractivity contribution in [1.29, 1.82) is 0 Å². The van der Waals surface area contributed by atoms with E-state index in [1.54, 1.807) is 6.07 Å². The summed E-state index contributed by atoms with van der Waals surface area (Å²) in [5, 5.41) is 0. The zero-order chi connectivity index (χ0) is 28.6. The second-order valence-electron chi connectivity index (χ2n) is 9.73. The van der Waals surface area contributed by atoms with Crippen LogP contribution in [-0.4, -0.2) is 70.0 Å². The molecule has 0 radical (unpaired) electrons. The third-order valence-corrected chi connectivity index (χ3v) is 8.50. The monoisotopic (exact) mass is 573 g/mol. The Hall–Kier alpha value is -3.64. The van der Waals surface area contributed by atoms with Crippen LogP contribution in [-0.2, 0) is 23.9 Å². The Kier molecular flexibility index (Phi) is 7.99. The molecule has 3 aliphatic rings. The van der Waals surface area contributed by atoms with Gasteiger partial charge in [0.05, 0.1) is 45.6 Å². The standard InChI is InChI=1S/C28H31NO10S/c1-13(30)18(29)10-40-11-23(31)39-26-16-8-20-19(37-12-38-20)7-15(16)24(25-17(26)9-36-28(25)32)14-5-21(33-2)27(35-4)22(6-14)34-3/h5-8,17-18,24-26H,9-12,29H2,1-4H3/t17-,18?,24+,25-,26-/m0/s1. The van der Waals surface area contributed by atoms with Gasteiger partial charge in [-0.05, 0) is 42.3 Å². The number of nitrogens with two attached hydrogens (primary N) is 1. The highest BCUT2D eigenvalue weighted by Crippen LogP contribution is 2.56. The molecule has 1 saturated heterocycles. The Bertz CT molecular complexity index is 1310. The van der Waals surface area contributed by atoms with Gasteiger partial charge in [0.15, 0.2) is 23.0 Å². The SMILES string of the molecule is COc1cc([C@@H]2c3cc4c(cc3[C@H](OC(=O)CSCC(N)C(C)=O)[C@H]3COC(=O)[C@H]23)OCO4)cc(OC)c1OC. The number of hydrogen-bond donors (Lipinski definition) is 1. The van der Waals surface area contributed by atoms with E-state index in [2.05, 4.69) is 0 Å². The molecule has 2 aliphatic heterocycles. The zero-order valence-electron chi connectivity index (χ0n) is 22.6. The van der Waals surface area contributed by atoms with Crippen molar-refractivity contribution in [3.8, 4) is 28.7 Å². The molecule has 2 N–H and O–H groups in total. The van der Waals surface area contributed by atoms with Crippen LogP contribution in [0.25, 0.3) is 0 Å². The van der Waals surface area contributed by atoms with Crippen LogP contribution in [0, 0.1) is 11.8 Å². The molecule has 1 fully saturated rings. The fourth-order valence-electron chi connectivity index (χ4n) is 5.51. The number of cyclic esters (lactones) is 1. The van der Waals surface area contributed by atoms with Gasteiger partial charge in [0.1, 0.15) is 11.9 Å². The van der Waals surface area contributed by atoms with Crippen LogP contribution in [0.15, 0.2) is 24.3 Å². The van der Waals surface area contributed by atoms with Crippen LogP contribution in [0.1, 0.15) is 35.6 Å². The summed E-state index contributed by atoms with van der Waals surface area (Å²) in [4.78, 5) is 37.7. The van der Waals surface area contributed by atoms with Crippen LogP contribution in [0.4, 0.5) is 0 Å². The Balaban J connectivity index is 1.56. The third-order valence-electron chi connectivity index (χ3n) is 7.46. The summed E-state index contributed by atoms with van der Waals surface area (Å²) in [5.41, 5.74) is 7.96. The molecule has 5 rings (SSSR count). The van der Waals surface area contributed by atoms with Gasteiger partial charge in [0.2, 0.25) is 12.5 Å². The lowest BCUT2D eigenvalue weighted by Gasteiger charge is -2.38. The fraction of sp³-hybridized carbons (Fsp3) is 0.464. The molecule has 5 atom stereocenters. The fourth-order valence-corrected chi connectivity index (χ4v) is 6.35. The van der Waals surface area contributed by atoms with Gasteiger partial charge in [-0.1, -0.05) is 0 Å². The largest absolute Gasteiger partial charge is 0.493 e. The Morgan fingerprint density at radius 2 is 1.65 bits per heavy atom. The maximum absolute atomic E-state index is 13.3. The molecule has 40 heavy (non-hydrogen) atoms. The van der Waals surface area contributed by atoms with Gasteiger partial charge in [-0.15, -0.1) is 11.8 Å². The van der Waals surface area contributed by atoms with Crippen molar-refractivity contribution in [2.75, 3.05) is 46.2 Å². The van der Waals surface area contributed by atoms with Gasteiger partial charge in [0, 0.05) is 23.2 Å². The van der Waals surface area contributed by atoms with Gasteiger partial charge >= 0.3 is 11.9 Å². The van der Waals surface area contributed by atoms with Gasteiger partial charge in [-0.2, -0.15) is 0 Å². The van der Waals surface area contributed by atoms with Crippen molar-refractivity contribution in [3.05, 3.63) is 41.0 Å². The first-order valence-corrected chi connectivity index (χ1v) is 13.9. The van der Waals surface area contributed by atoms with E-state index in [4.69, 9.17) is 38.9 Å². The van der Waals surface area contributed by atoms with E-state index in [9.17, 15) is 14.4 Å². The highest BCUT2D eigenvalue weighted by Gasteiger charge is 2.54. The first-order valence-electron chi connectivity index (χ1n) is 12.7. The van der Waals surface area contributed by atoms with Crippen LogP contribution >= 0.6 is 11.8 Å². The average molecular weight is 574 g/mol. The molecule has 1 aliphatic carbocycles. The number of rotatable bonds is 10. The minimum absolute atomic E-state index is 0.000137. The summed E-state index contributed by atoms with van der Waals surface area (Å²) in [6.07, 6.45) is -0.770.